The summed E-state index contributed by atoms with van der Waals surface area (Å²) in [4.78, 5) is 11.1. The first-order valence-corrected chi connectivity index (χ1v) is 10.1. The third-order valence-electron chi connectivity index (χ3n) is 5.31. The minimum absolute atomic E-state index is 0.317. The van der Waals surface area contributed by atoms with Gasteiger partial charge in [0.15, 0.2) is 13.6 Å². The lowest BCUT2D eigenvalue weighted by atomic mass is 10.0. The standard InChI is InChI=1S/C23H24BN5O/c1-3-5-8-19(4-2)30-20-11-9-17(10-12-20)22-21-14-25-16-26-23(21)29(27-22)18-7-6-13-28(24)15-18/h1,4-5,8-12,14,16,18H,6-7,13,15,24H2,2H3/b8-5-,19-4+/t18-/m1/s1. The smallest absolute Gasteiger partial charge is 0.185 e. The molecule has 150 valence electrons. The van der Waals surface area contributed by atoms with Gasteiger partial charge < -0.3 is 9.55 Å². The average Bonchev–Trinajstić information content (AvgIpc) is 3.17. The van der Waals surface area contributed by atoms with Gasteiger partial charge in [0.1, 0.15) is 23.5 Å². The van der Waals surface area contributed by atoms with E-state index in [0.717, 1.165) is 54.0 Å². The van der Waals surface area contributed by atoms with Gasteiger partial charge >= 0.3 is 0 Å². The monoisotopic (exact) mass is 397 g/mol. The van der Waals surface area contributed by atoms with Crippen molar-refractivity contribution in [3.63, 3.8) is 0 Å². The van der Waals surface area contributed by atoms with Crippen molar-refractivity contribution in [2.24, 2.45) is 0 Å². The van der Waals surface area contributed by atoms with Crippen molar-refractivity contribution in [1.29, 1.82) is 0 Å². The molecule has 0 bridgehead atoms. The van der Waals surface area contributed by atoms with E-state index in [1.807, 2.05) is 43.5 Å². The average molecular weight is 397 g/mol. The van der Waals surface area contributed by atoms with E-state index in [2.05, 4.69) is 33.4 Å². The molecular weight excluding hydrogens is 373 g/mol. The molecule has 30 heavy (non-hydrogen) atoms. The third kappa shape index (κ3) is 4.14. The zero-order chi connectivity index (χ0) is 20.9. The fraction of sp³-hybridized carbons (Fsp3) is 0.261. The molecule has 4 rings (SSSR count). The van der Waals surface area contributed by atoms with Gasteiger partial charge in [-0.05, 0) is 68.8 Å². The predicted octanol–water partition coefficient (Wildman–Crippen LogP) is 3.15. The van der Waals surface area contributed by atoms with Crippen LogP contribution in [-0.4, -0.2) is 45.6 Å². The van der Waals surface area contributed by atoms with Crippen LogP contribution in [0.15, 0.2) is 60.8 Å². The van der Waals surface area contributed by atoms with E-state index in [4.69, 9.17) is 16.3 Å². The summed E-state index contributed by atoms with van der Waals surface area (Å²) >= 11 is 0. The lowest BCUT2D eigenvalue weighted by Gasteiger charge is -2.30. The molecule has 0 amide bonds. The number of aromatic nitrogens is 4. The van der Waals surface area contributed by atoms with Crippen LogP contribution in [0.1, 0.15) is 25.8 Å². The van der Waals surface area contributed by atoms with Crippen molar-refractivity contribution in [1.82, 2.24) is 24.6 Å². The van der Waals surface area contributed by atoms with Crippen molar-refractivity contribution in [3.8, 4) is 29.4 Å². The summed E-state index contributed by atoms with van der Waals surface area (Å²) in [6.45, 7) is 4.01. The second kappa shape index (κ2) is 8.97. The van der Waals surface area contributed by atoms with Crippen LogP contribution in [0.25, 0.3) is 22.3 Å². The predicted molar refractivity (Wildman–Crippen MR) is 122 cm³/mol. The Morgan fingerprint density at radius 3 is 2.90 bits per heavy atom. The van der Waals surface area contributed by atoms with Gasteiger partial charge in [0.05, 0.1) is 11.4 Å². The second-order valence-corrected chi connectivity index (χ2v) is 7.43. The molecule has 0 saturated carbocycles. The normalized spacial score (nSPS) is 18.0. The Kier molecular flexibility index (Phi) is 5.96. The fourth-order valence-corrected chi connectivity index (χ4v) is 3.82. The number of nitrogens with zero attached hydrogens (tertiary/aromatic N) is 5. The van der Waals surface area contributed by atoms with E-state index in [9.17, 15) is 0 Å². The molecule has 7 heteroatoms. The Hall–Kier alpha value is -3.37. The summed E-state index contributed by atoms with van der Waals surface area (Å²) in [6.07, 6.45) is 16.2. The first kappa shape index (κ1) is 19.9. The molecule has 0 aliphatic carbocycles. The Morgan fingerprint density at radius 1 is 1.33 bits per heavy atom. The zero-order valence-corrected chi connectivity index (χ0v) is 17.3. The highest BCUT2D eigenvalue weighted by atomic mass is 16.5. The fourth-order valence-electron chi connectivity index (χ4n) is 3.82. The van der Waals surface area contributed by atoms with Crippen molar-refractivity contribution in [2.75, 3.05) is 13.1 Å². The molecule has 1 aliphatic rings. The molecule has 0 spiro atoms. The van der Waals surface area contributed by atoms with Crippen LogP contribution in [0.4, 0.5) is 0 Å². The SMILES string of the molecule is BN1CCC[C@@H](n2nc(-c3ccc(OC(/C=C\C#C)=C/C)cc3)c3cncnc32)C1. The van der Waals surface area contributed by atoms with Gasteiger partial charge in [0.25, 0.3) is 0 Å². The van der Waals surface area contributed by atoms with Gasteiger partial charge in [-0.15, -0.1) is 6.42 Å². The molecule has 1 fully saturated rings. The number of benzene rings is 1. The van der Waals surface area contributed by atoms with Crippen molar-refractivity contribution in [3.05, 3.63) is 60.8 Å². The highest BCUT2D eigenvalue weighted by Crippen LogP contribution is 2.31. The molecule has 1 saturated heterocycles. The summed E-state index contributed by atoms with van der Waals surface area (Å²) in [5.41, 5.74) is 2.78. The second-order valence-electron chi connectivity index (χ2n) is 7.43. The number of allylic oxidation sites excluding steroid dienone is 3. The van der Waals surface area contributed by atoms with Crippen LogP contribution in [0.5, 0.6) is 5.75 Å². The maximum atomic E-state index is 5.88. The summed E-state index contributed by atoms with van der Waals surface area (Å²) in [5, 5.41) is 5.93. The molecule has 1 aromatic carbocycles. The van der Waals surface area contributed by atoms with Crippen LogP contribution in [0.2, 0.25) is 0 Å². The van der Waals surface area contributed by atoms with Crippen molar-refractivity contribution in [2.45, 2.75) is 25.8 Å². The van der Waals surface area contributed by atoms with Crippen molar-refractivity contribution >= 4 is 19.0 Å². The molecule has 0 N–H and O–H groups in total. The minimum Gasteiger partial charge on any atom is -0.458 e. The molecule has 6 nitrogen and oxygen atoms in total. The first-order valence-electron chi connectivity index (χ1n) is 10.1. The number of hydrogen-bond donors (Lipinski definition) is 0. The maximum absolute atomic E-state index is 5.88. The van der Waals surface area contributed by atoms with E-state index in [1.165, 1.54) is 0 Å². The van der Waals surface area contributed by atoms with Gasteiger partial charge in [-0.2, -0.15) is 5.10 Å². The lowest BCUT2D eigenvalue weighted by molar-refractivity contribution is 0.265. The van der Waals surface area contributed by atoms with E-state index in [-0.39, 0.29) is 0 Å². The highest BCUT2D eigenvalue weighted by Gasteiger charge is 2.23. The van der Waals surface area contributed by atoms with Gasteiger partial charge in [-0.1, -0.05) is 5.92 Å². The molecule has 3 aromatic rings. The molecule has 0 radical (unpaired) electrons. The molecule has 2 aromatic heterocycles. The minimum atomic E-state index is 0.317. The van der Waals surface area contributed by atoms with Crippen LogP contribution in [-0.2, 0) is 0 Å². The number of fused-ring (bicyclic) bond motifs is 1. The molecule has 1 aliphatic heterocycles. The lowest BCUT2D eigenvalue weighted by Crippen LogP contribution is -2.35. The topological polar surface area (TPSA) is 56.1 Å². The summed E-state index contributed by atoms with van der Waals surface area (Å²) in [6, 6.07) is 8.22. The largest absolute Gasteiger partial charge is 0.458 e. The van der Waals surface area contributed by atoms with Crippen LogP contribution in [0, 0.1) is 12.3 Å². The van der Waals surface area contributed by atoms with Gasteiger partial charge in [-0.25, -0.2) is 14.6 Å². The third-order valence-corrected chi connectivity index (χ3v) is 5.31. The van der Waals surface area contributed by atoms with Crippen LogP contribution >= 0.6 is 0 Å². The Morgan fingerprint density at radius 2 is 2.17 bits per heavy atom. The first-order chi connectivity index (χ1) is 14.7. The highest BCUT2D eigenvalue weighted by molar-refractivity contribution is 6.04. The Balaban J connectivity index is 1.65. The molecule has 3 heterocycles. The van der Waals surface area contributed by atoms with Crippen molar-refractivity contribution < 1.29 is 4.74 Å². The number of terminal acetylenes is 1. The Bertz CT molecular complexity index is 1130. The molecular formula is C23H24BN5O. The van der Waals surface area contributed by atoms with E-state index >= 15 is 0 Å². The molecule has 0 unspecified atom stereocenters. The number of piperidine rings is 1. The summed E-state index contributed by atoms with van der Waals surface area (Å²) < 4.78 is 7.96. The Labute approximate surface area is 177 Å². The van der Waals surface area contributed by atoms with Crippen LogP contribution < -0.4 is 4.74 Å². The van der Waals surface area contributed by atoms with Gasteiger partial charge in [-0.3, -0.25) is 0 Å². The summed E-state index contributed by atoms with van der Waals surface area (Å²) in [5.74, 6) is 3.91. The maximum Gasteiger partial charge on any atom is 0.185 e. The quantitative estimate of drug-likeness (QED) is 0.287. The summed E-state index contributed by atoms with van der Waals surface area (Å²) in [7, 11) is 2.16. The van der Waals surface area contributed by atoms with E-state index < -0.39 is 0 Å². The zero-order valence-electron chi connectivity index (χ0n) is 17.3. The number of ether oxygens (including phenoxy) is 1. The number of hydrogen-bond acceptors (Lipinski definition) is 5. The van der Waals surface area contributed by atoms with Gasteiger partial charge in [0.2, 0.25) is 0 Å². The molecule has 1 atom stereocenters. The van der Waals surface area contributed by atoms with E-state index in [1.54, 1.807) is 18.5 Å². The number of rotatable bonds is 5. The van der Waals surface area contributed by atoms with Gasteiger partial charge in [0, 0.05) is 18.3 Å². The van der Waals surface area contributed by atoms with E-state index in [0.29, 0.717) is 11.8 Å². The van der Waals surface area contributed by atoms with Crippen LogP contribution in [0.3, 0.4) is 0 Å².